The van der Waals surface area contributed by atoms with Crippen LogP contribution in [0, 0.1) is 0 Å². The van der Waals surface area contributed by atoms with E-state index in [1.807, 2.05) is 53.2 Å². The summed E-state index contributed by atoms with van der Waals surface area (Å²) in [4.78, 5) is 25.7. The second-order valence-electron chi connectivity index (χ2n) is 11.0. The Balaban J connectivity index is 1.63. The van der Waals surface area contributed by atoms with Crippen molar-refractivity contribution in [3.05, 3.63) is 89.5 Å². The Labute approximate surface area is 210 Å². The number of nitrogens with one attached hydrogen (secondary N) is 1. The van der Waals surface area contributed by atoms with Crippen molar-refractivity contribution in [1.29, 1.82) is 0 Å². The molecule has 1 atom stereocenters. The third kappa shape index (κ3) is 5.36. The number of hydrogen-bond donors (Lipinski definition) is 1. The van der Waals surface area contributed by atoms with Crippen molar-refractivity contribution in [3.8, 4) is 0 Å². The predicted molar refractivity (Wildman–Crippen MR) is 143 cm³/mol. The number of aromatic amines is 1. The lowest BCUT2D eigenvalue weighted by Crippen LogP contribution is -2.53. The van der Waals surface area contributed by atoms with Crippen LogP contribution in [0.4, 0.5) is 4.79 Å². The maximum atomic E-state index is 14.1. The number of hydrogen-bond acceptors (Lipinski definition) is 3. The zero-order valence-electron chi connectivity index (χ0n) is 21.8. The van der Waals surface area contributed by atoms with Crippen LogP contribution < -0.4 is 0 Å². The average molecular weight is 491 g/mol. The van der Waals surface area contributed by atoms with Crippen molar-refractivity contribution in [2.24, 2.45) is 0 Å². The van der Waals surface area contributed by atoms with Crippen LogP contribution in [0.15, 0.2) is 67.0 Å². The minimum absolute atomic E-state index is 0.0137. The molecule has 0 spiro atoms. The Bertz CT molecular complexity index is 1090. The first kappa shape index (κ1) is 25.2. The molecule has 2 heterocycles. The Morgan fingerprint density at radius 1 is 1.11 bits per heavy atom. The third-order valence-corrected chi connectivity index (χ3v) is 12.1. The molecular formula is C28H38N4O2Si. The molecule has 0 aliphatic carbocycles. The molecule has 0 radical (unpaired) electrons. The highest BCUT2D eigenvalue weighted by Gasteiger charge is 2.40. The fourth-order valence-electron chi connectivity index (χ4n) is 4.42. The lowest BCUT2D eigenvalue weighted by atomic mass is 9.97. The van der Waals surface area contributed by atoms with Crippen molar-refractivity contribution in [1.82, 2.24) is 19.8 Å². The van der Waals surface area contributed by atoms with Crippen LogP contribution in [-0.4, -0.2) is 53.8 Å². The maximum Gasteiger partial charge on any atom is 0.321 e. The number of H-pyrrole nitrogens is 1. The largest absolute Gasteiger partial charge is 0.415 e. The van der Waals surface area contributed by atoms with Gasteiger partial charge >= 0.3 is 6.03 Å². The van der Waals surface area contributed by atoms with E-state index in [1.165, 1.54) is 0 Å². The number of urea groups is 1. The van der Waals surface area contributed by atoms with Crippen molar-refractivity contribution >= 4 is 14.3 Å². The van der Waals surface area contributed by atoms with Crippen LogP contribution in [0.25, 0.3) is 0 Å². The second kappa shape index (κ2) is 9.99. The fraction of sp³-hybridized carbons (Fsp3) is 0.429. The quantitative estimate of drug-likeness (QED) is 0.431. The van der Waals surface area contributed by atoms with E-state index in [0.29, 0.717) is 19.6 Å². The fourth-order valence-corrected chi connectivity index (χ4v) is 5.46. The predicted octanol–water partition coefficient (Wildman–Crippen LogP) is 6.00. The molecule has 0 saturated carbocycles. The maximum absolute atomic E-state index is 14.1. The molecule has 7 heteroatoms. The minimum Gasteiger partial charge on any atom is -0.415 e. The lowest BCUT2D eigenvalue weighted by Gasteiger charge is -2.42. The molecule has 1 aliphatic heterocycles. The normalized spacial score (nSPS) is 16.3. The highest BCUT2D eigenvalue weighted by Crippen LogP contribution is 2.37. The van der Waals surface area contributed by atoms with E-state index in [-0.39, 0.29) is 23.2 Å². The van der Waals surface area contributed by atoms with Gasteiger partial charge in [0.05, 0.1) is 37.3 Å². The van der Waals surface area contributed by atoms with Gasteiger partial charge in [0.25, 0.3) is 0 Å². The third-order valence-electron chi connectivity index (χ3n) is 7.62. The first-order valence-electron chi connectivity index (χ1n) is 12.4. The summed E-state index contributed by atoms with van der Waals surface area (Å²) in [5, 5.41) is 0.109. The highest BCUT2D eigenvalue weighted by atomic mass is 28.4. The summed E-state index contributed by atoms with van der Waals surface area (Å²) in [7, 11) is -0.0588. The number of benzene rings is 2. The number of carbonyl (C=O) groups excluding carboxylic acids is 1. The summed E-state index contributed by atoms with van der Waals surface area (Å²) in [5.74, 6) is 0. The summed E-state index contributed by atoms with van der Waals surface area (Å²) >= 11 is 0. The first-order valence-corrected chi connectivity index (χ1v) is 15.3. The van der Waals surface area contributed by atoms with Gasteiger partial charge in [-0.1, -0.05) is 81.4 Å². The first-order chi connectivity index (χ1) is 16.6. The van der Waals surface area contributed by atoms with Gasteiger partial charge in [0.1, 0.15) is 0 Å². The highest BCUT2D eigenvalue weighted by molar-refractivity contribution is 6.74. The molecule has 6 nitrogen and oxygen atoms in total. The van der Waals surface area contributed by atoms with Crippen LogP contribution in [0.5, 0.6) is 0 Å². The van der Waals surface area contributed by atoms with Gasteiger partial charge < -0.3 is 19.2 Å². The van der Waals surface area contributed by atoms with Crippen molar-refractivity contribution < 1.29 is 9.22 Å². The summed E-state index contributed by atoms with van der Waals surface area (Å²) in [5.41, 5.74) is 4.21. The minimum atomic E-state index is -1.96. The molecule has 186 valence electrons. The Morgan fingerprint density at radius 3 is 2.23 bits per heavy atom. The van der Waals surface area contributed by atoms with E-state index >= 15 is 0 Å². The van der Waals surface area contributed by atoms with E-state index in [4.69, 9.17) is 4.43 Å². The van der Waals surface area contributed by atoms with E-state index in [0.717, 1.165) is 22.5 Å². The van der Waals surface area contributed by atoms with Crippen molar-refractivity contribution in [2.75, 3.05) is 13.7 Å². The van der Waals surface area contributed by atoms with Crippen molar-refractivity contribution in [3.63, 3.8) is 0 Å². The van der Waals surface area contributed by atoms with Crippen LogP contribution in [0.3, 0.4) is 0 Å². The number of nitrogens with zero attached hydrogens (tertiary/aromatic N) is 3. The average Bonchev–Trinajstić information content (AvgIpc) is 3.30. The molecule has 1 N–H and O–H groups in total. The van der Waals surface area contributed by atoms with Gasteiger partial charge in [-0.3, -0.25) is 0 Å². The molecule has 1 aliphatic rings. The van der Waals surface area contributed by atoms with E-state index in [1.54, 1.807) is 6.33 Å². The summed E-state index contributed by atoms with van der Waals surface area (Å²) in [6.45, 7) is 12.3. The van der Waals surface area contributed by atoms with Gasteiger partial charge in [-0.25, -0.2) is 9.78 Å². The number of aromatic nitrogens is 2. The van der Waals surface area contributed by atoms with Gasteiger partial charge in [-0.15, -0.1) is 0 Å². The number of rotatable bonds is 6. The Hall–Kier alpha value is -2.90. The Kier molecular flexibility index (Phi) is 7.19. The molecule has 0 unspecified atom stereocenters. The summed E-state index contributed by atoms with van der Waals surface area (Å²) in [6, 6.07) is 20.2. The zero-order valence-corrected chi connectivity index (χ0v) is 22.8. The smallest absolute Gasteiger partial charge is 0.321 e. The molecule has 4 rings (SSSR count). The van der Waals surface area contributed by atoms with Gasteiger partial charge in [0.2, 0.25) is 0 Å². The second-order valence-corrected chi connectivity index (χ2v) is 15.8. The summed E-state index contributed by atoms with van der Waals surface area (Å²) < 4.78 is 6.61. The van der Waals surface area contributed by atoms with Gasteiger partial charge in [0.15, 0.2) is 8.32 Å². The molecule has 2 aromatic carbocycles. The van der Waals surface area contributed by atoms with Gasteiger partial charge in [-0.2, -0.15) is 0 Å². The van der Waals surface area contributed by atoms with Crippen LogP contribution in [0.2, 0.25) is 18.1 Å². The topological polar surface area (TPSA) is 61.5 Å². The van der Waals surface area contributed by atoms with E-state index in [9.17, 15) is 4.79 Å². The van der Waals surface area contributed by atoms with E-state index in [2.05, 4.69) is 68.1 Å². The molecule has 2 amide bonds. The number of carbonyl (C=O) groups is 1. The number of fused-ring (bicyclic) bond motifs is 1. The molecule has 3 aromatic rings. The number of imidazole rings is 1. The molecular weight excluding hydrogens is 452 g/mol. The van der Waals surface area contributed by atoms with Crippen molar-refractivity contribution in [2.45, 2.75) is 64.0 Å². The zero-order chi connectivity index (χ0) is 25.2. The van der Waals surface area contributed by atoms with Gasteiger partial charge in [-0.05, 0) is 29.3 Å². The Morgan fingerprint density at radius 2 is 1.69 bits per heavy atom. The molecule has 0 fully saturated rings. The molecule has 35 heavy (non-hydrogen) atoms. The van der Waals surface area contributed by atoms with Crippen LogP contribution in [-0.2, 0) is 17.4 Å². The molecule has 1 aromatic heterocycles. The van der Waals surface area contributed by atoms with Crippen LogP contribution in [0.1, 0.15) is 49.3 Å². The number of amides is 2. The molecule has 0 bridgehead atoms. The SMILES string of the molecule is CN(C(=O)N1Cc2nc[nH]c2C[C@H]1CO[Si](C)(C)C(C)(C)C)C(c1ccccc1)c1ccccc1. The summed E-state index contributed by atoms with van der Waals surface area (Å²) in [6.07, 6.45) is 2.44. The lowest BCUT2D eigenvalue weighted by molar-refractivity contribution is 0.0959. The molecule has 0 saturated heterocycles. The standard InChI is InChI=1S/C28H38N4O2Si/c1-28(2,3)35(5,6)34-19-23-17-24-25(30-20-29-24)18-32(23)27(33)31(4)26(21-13-9-7-10-14-21)22-15-11-8-12-16-22/h7-16,20,23,26H,17-19H2,1-6H3,(H,29,30)/t23-/m0/s1. The van der Waals surface area contributed by atoms with Gasteiger partial charge in [0, 0.05) is 19.2 Å². The van der Waals surface area contributed by atoms with Crippen LogP contribution >= 0.6 is 0 Å². The van der Waals surface area contributed by atoms with E-state index < -0.39 is 8.32 Å². The monoisotopic (exact) mass is 490 g/mol.